The molecule has 1 aliphatic heterocycles. The first-order chi connectivity index (χ1) is 16.8. The zero-order chi connectivity index (χ0) is 25.1. The third-order valence-electron chi connectivity index (χ3n) is 5.79. The van der Waals surface area contributed by atoms with Gasteiger partial charge in [0.2, 0.25) is 0 Å². The number of hydrogen-bond acceptors (Lipinski definition) is 5. The fourth-order valence-electron chi connectivity index (χ4n) is 3.78. The fourth-order valence-corrected chi connectivity index (χ4v) is 4.05. The van der Waals surface area contributed by atoms with Gasteiger partial charge in [-0.3, -0.25) is 19.8 Å². The molecule has 1 fully saturated rings. The Morgan fingerprint density at radius 3 is 2.43 bits per heavy atom. The number of hydrogen-bond donors (Lipinski definition) is 4. The van der Waals surface area contributed by atoms with Gasteiger partial charge in [-0.05, 0) is 66.5 Å². The molecule has 8 nitrogen and oxygen atoms in total. The smallest absolute Gasteiger partial charge is 0.339 e. The van der Waals surface area contributed by atoms with Gasteiger partial charge in [-0.2, -0.15) is 0 Å². The van der Waals surface area contributed by atoms with Crippen molar-refractivity contribution in [3.05, 3.63) is 82.6 Å². The van der Waals surface area contributed by atoms with Crippen LogP contribution in [0.4, 0.5) is 0 Å². The summed E-state index contributed by atoms with van der Waals surface area (Å²) < 4.78 is 0. The fraction of sp³-hybridized carbons (Fsp3) is 0.154. The Morgan fingerprint density at radius 2 is 1.77 bits per heavy atom. The van der Waals surface area contributed by atoms with Crippen molar-refractivity contribution in [3.63, 3.8) is 0 Å². The molecule has 0 bridgehead atoms. The number of aromatic nitrogens is 1. The number of carboxylic acid groups (broad SMARTS) is 1. The third-order valence-corrected chi connectivity index (χ3v) is 6.11. The second-order valence-electron chi connectivity index (χ2n) is 8.06. The van der Waals surface area contributed by atoms with Crippen molar-refractivity contribution < 1.29 is 24.6 Å². The average molecular weight is 490 g/mol. The van der Waals surface area contributed by atoms with Gasteiger partial charge in [-0.15, -0.1) is 0 Å². The molecule has 2 amide bonds. The summed E-state index contributed by atoms with van der Waals surface area (Å²) in [6, 6.07) is 15.7. The number of carboxylic acids is 1. The Bertz CT molecular complexity index is 1360. The van der Waals surface area contributed by atoms with Crippen molar-refractivity contribution in [1.29, 1.82) is 0 Å². The summed E-state index contributed by atoms with van der Waals surface area (Å²) in [5.74, 6) is -2.65. The Hall–Kier alpha value is -4.24. The minimum Gasteiger partial charge on any atom is -0.507 e. The Morgan fingerprint density at radius 1 is 1.06 bits per heavy atom. The molecule has 0 unspecified atom stereocenters. The number of phenols is 1. The third kappa shape index (κ3) is 5.15. The number of nitrogens with one attached hydrogen (secondary N) is 2. The van der Waals surface area contributed by atoms with Crippen molar-refractivity contribution in [2.75, 3.05) is 6.54 Å². The predicted octanol–water partition coefficient (Wildman–Crippen LogP) is 3.52. The molecule has 2 heterocycles. The van der Waals surface area contributed by atoms with Crippen molar-refractivity contribution >= 4 is 41.2 Å². The number of benzene rings is 2. The van der Waals surface area contributed by atoms with E-state index in [0.717, 1.165) is 12.0 Å². The van der Waals surface area contributed by atoms with Crippen LogP contribution >= 0.6 is 12.2 Å². The highest BCUT2D eigenvalue weighted by Crippen LogP contribution is 2.27. The number of aryl methyl sites for hydroxylation is 1. The van der Waals surface area contributed by atoms with Crippen LogP contribution in [-0.4, -0.2) is 49.5 Å². The van der Waals surface area contributed by atoms with E-state index < -0.39 is 17.8 Å². The van der Waals surface area contributed by atoms with Crippen LogP contribution in [-0.2, 0) is 22.4 Å². The lowest BCUT2D eigenvalue weighted by Gasteiger charge is -2.28. The zero-order valence-corrected chi connectivity index (χ0v) is 19.7. The molecule has 1 saturated heterocycles. The first-order valence-electron chi connectivity index (χ1n) is 11.0. The van der Waals surface area contributed by atoms with E-state index in [0.29, 0.717) is 29.9 Å². The van der Waals surface area contributed by atoms with Crippen LogP contribution in [0.5, 0.6) is 5.75 Å². The molecular weight excluding hydrogens is 466 g/mol. The zero-order valence-electron chi connectivity index (χ0n) is 18.9. The van der Waals surface area contributed by atoms with Gasteiger partial charge in [0.05, 0.1) is 0 Å². The maximum absolute atomic E-state index is 13.1. The number of carbonyl (C=O) groups excluding carboxylic acids is 2. The minimum absolute atomic E-state index is 0.0580. The maximum atomic E-state index is 13.1. The predicted molar refractivity (Wildman–Crippen MR) is 135 cm³/mol. The molecule has 4 rings (SSSR count). The number of thiocarbonyl (C=S) groups is 1. The number of amides is 2. The second kappa shape index (κ2) is 9.94. The van der Waals surface area contributed by atoms with E-state index in [1.165, 1.54) is 28.7 Å². The van der Waals surface area contributed by atoms with Gasteiger partial charge in [0.15, 0.2) is 5.11 Å². The molecule has 2 aromatic carbocycles. The standard InChI is InChI=1S/C26H23N3O5S/c1-2-15-3-5-16(6-4-15)11-12-29-24(32)20(23(31)28-26(29)35)14-18-8-10-21(27-18)17-7-9-19(25(33)34)22(30)13-17/h3-10,13-14,27,30H,2,11-12H2,1H3,(H,33,34)(H,28,31,35). The molecule has 4 N–H and O–H groups in total. The summed E-state index contributed by atoms with van der Waals surface area (Å²) in [6.45, 7) is 2.41. The second-order valence-corrected chi connectivity index (χ2v) is 8.45. The van der Waals surface area contributed by atoms with Gasteiger partial charge in [-0.25, -0.2) is 4.79 Å². The quantitative estimate of drug-likeness (QED) is 0.229. The highest BCUT2D eigenvalue weighted by Gasteiger charge is 2.33. The minimum atomic E-state index is -1.23. The van der Waals surface area contributed by atoms with E-state index >= 15 is 0 Å². The Labute approximate surface area is 206 Å². The molecule has 0 spiro atoms. The lowest BCUT2D eigenvalue weighted by atomic mass is 10.1. The number of aromatic hydroxyl groups is 1. The maximum Gasteiger partial charge on any atom is 0.339 e. The van der Waals surface area contributed by atoms with E-state index in [1.54, 1.807) is 18.2 Å². The van der Waals surface area contributed by atoms with E-state index in [-0.39, 0.29) is 22.0 Å². The number of aromatic amines is 1. The molecule has 1 aromatic heterocycles. The summed E-state index contributed by atoms with van der Waals surface area (Å²) in [5, 5.41) is 21.7. The number of nitrogens with zero attached hydrogens (tertiary/aromatic N) is 1. The van der Waals surface area contributed by atoms with Crippen LogP contribution in [0, 0.1) is 0 Å². The molecule has 0 saturated carbocycles. The van der Waals surface area contributed by atoms with Crippen molar-refractivity contribution in [3.8, 4) is 17.0 Å². The number of H-pyrrole nitrogens is 1. The summed E-state index contributed by atoms with van der Waals surface area (Å²) >= 11 is 5.24. The van der Waals surface area contributed by atoms with Crippen molar-refractivity contribution in [1.82, 2.24) is 15.2 Å². The number of rotatable bonds is 7. The lowest BCUT2D eigenvalue weighted by molar-refractivity contribution is -0.128. The van der Waals surface area contributed by atoms with Gasteiger partial charge < -0.3 is 15.2 Å². The van der Waals surface area contributed by atoms with Crippen molar-refractivity contribution in [2.45, 2.75) is 19.8 Å². The lowest BCUT2D eigenvalue weighted by Crippen LogP contribution is -2.54. The van der Waals surface area contributed by atoms with Gasteiger partial charge >= 0.3 is 5.97 Å². The SMILES string of the molecule is CCc1ccc(CCN2C(=O)C(=Cc3ccc(-c4ccc(C(=O)O)c(O)c4)[nH]3)C(=O)NC2=S)cc1. The monoisotopic (exact) mass is 489 g/mol. The highest BCUT2D eigenvalue weighted by molar-refractivity contribution is 7.80. The summed E-state index contributed by atoms with van der Waals surface area (Å²) in [6.07, 6.45) is 2.98. The molecule has 3 aromatic rings. The molecule has 0 radical (unpaired) electrons. The average Bonchev–Trinajstić information content (AvgIpc) is 3.30. The topological polar surface area (TPSA) is 123 Å². The molecule has 0 aliphatic carbocycles. The highest BCUT2D eigenvalue weighted by atomic mass is 32.1. The summed E-state index contributed by atoms with van der Waals surface area (Å²) in [7, 11) is 0. The van der Waals surface area contributed by atoms with Gasteiger partial charge in [0.1, 0.15) is 16.9 Å². The molecule has 35 heavy (non-hydrogen) atoms. The Balaban J connectivity index is 1.52. The van der Waals surface area contributed by atoms with Crippen LogP contribution < -0.4 is 5.32 Å². The first kappa shape index (κ1) is 23.9. The van der Waals surface area contributed by atoms with Gasteiger partial charge in [-0.1, -0.05) is 37.3 Å². The van der Waals surface area contributed by atoms with Crippen LogP contribution in [0.1, 0.15) is 34.1 Å². The van der Waals surface area contributed by atoms with Gasteiger partial charge in [0.25, 0.3) is 11.8 Å². The van der Waals surface area contributed by atoms with Gasteiger partial charge in [0, 0.05) is 23.5 Å². The summed E-state index contributed by atoms with van der Waals surface area (Å²) in [4.78, 5) is 41.2. The normalized spacial score (nSPS) is 14.9. The van der Waals surface area contributed by atoms with E-state index in [4.69, 9.17) is 17.3 Å². The molecule has 0 atom stereocenters. The molecule has 9 heteroatoms. The first-order valence-corrected chi connectivity index (χ1v) is 11.4. The number of carbonyl (C=O) groups is 3. The van der Waals surface area contributed by atoms with E-state index in [1.807, 2.05) is 12.1 Å². The largest absolute Gasteiger partial charge is 0.507 e. The van der Waals surface area contributed by atoms with E-state index in [2.05, 4.69) is 29.4 Å². The van der Waals surface area contributed by atoms with Crippen molar-refractivity contribution in [2.24, 2.45) is 0 Å². The number of aromatic carboxylic acids is 1. The summed E-state index contributed by atoms with van der Waals surface area (Å²) in [5.41, 5.74) is 3.65. The van der Waals surface area contributed by atoms with Crippen LogP contribution in [0.15, 0.2) is 60.2 Å². The molecule has 1 aliphatic rings. The van der Waals surface area contributed by atoms with E-state index in [9.17, 15) is 19.5 Å². The molecule has 178 valence electrons. The molecular formula is C26H23N3O5S. The van der Waals surface area contributed by atoms with Crippen LogP contribution in [0.25, 0.3) is 17.3 Å². The van der Waals surface area contributed by atoms with Crippen LogP contribution in [0.3, 0.4) is 0 Å². The van der Waals surface area contributed by atoms with Crippen LogP contribution in [0.2, 0.25) is 0 Å². The Kier molecular flexibility index (Phi) is 6.79.